The third-order valence-electron chi connectivity index (χ3n) is 7.68. The number of fused-ring (bicyclic) bond motifs is 1. The van der Waals surface area contributed by atoms with Crippen LogP contribution in [0, 0.1) is 12.3 Å². The SMILES string of the molecule is CCOc1ccc(-c2ccc(Cn3c(CC(C)(C)C(=O)[O-])c(SC(C)(C)C)c4cc(OCc5ccc(C)cn5)ccc43)cc2)cn1.[Li+]. The van der Waals surface area contributed by atoms with Gasteiger partial charge in [-0.25, -0.2) is 4.98 Å². The van der Waals surface area contributed by atoms with E-state index in [1.807, 2.05) is 56.6 Å². The third kappa shape index (κ3) is 9.01. The van der Waals surface area contributed by atoms with E-state index < -0.39 is 11.4 Å². The molecule has 0 radical (unpaired) electrons. The molecule has 0 spiro atoms. The van der Waals surface area contributed by atoms with Gasteiger partial charge in [-0.3, -0.25) is 4.98 Å². The fraction of sp³-hybridized carbons (Fsp3) is 0.342. The Balaban J connectivity index is 0.00000500. The van der Waals surface area contributed by atoms with Crippen molar-refractivity contribution >= 4 is 28.6 Å². The minimum absolute atomic E-state index is 0. The van der Waals surface area contributed by atoms with E-state index in [9.17, 15) is 9.90 Å². The number of benzene rings is 2. The number of aliphatic carboxylic acids is 1. The predicted octanol–water partition coefficient (Wildman–Crippen LogP) is 4.65. The number of carboxylic acids is 1. The van der Waals surface area contributed by atoms with Crippen LogP contribution in [0.3, 0.4) is 0 Å². The monoisotopic (exact) mass is 643 g/mol. The molecule has 0 amide bonds. The number of rotatable bonds is 12. The first-order valence-corrected chi connectivity index (χ1v) is 16.4. The first kappa shape index (κ1) is 36.1. The summed E-state index contributed by atoms with van der Waals surface area (Å²) in [4.78, 5) is 22.2. The Hall–Kier alpha value is -3.70. The number of carbonyl (C=O) groups is 1. The van der Waals surface area contributed by atoms with Crippen molar-refractivity contribution < 1.29 is 38.2 Å². The van der Waals surface area contributed by atoms with Gasteiger partial charge in [-0.2, -0.15) is 0 Å². The number of hydrogen-bond acceptors (Lipinski definition) is 7. The van der Waals surface area contributed by atoms with Crippen LogP contribution < -0.4 is 33.4 Å². The number of ether oxygens (including phenoxy) is 2. The summed E-state index contributed by atoms with van der Waals surface area (Å²) in [5.41, 5.74) is 6.06. The smallest absolute Gasteiger partial charge is 0.550 e. The summed E-state index contributed by atoms with van der Waals surface area (Å²) in [7, 11) is 0. The van der Waals surface area contributed by atoms with E-state index >= 15 is 0 Å². The number of carboxylic acid groups (broad SMARTS) is 1. The van der Waals surface area contributed by atoms with Gasteiger partial charge in [0.1, 0.15) is 12.4 Å². The third-order valence-corrected chi connectivity index (χ3v) is 8.95. The number of aryl methyl sites for hydroxylation is 1. The van der Waals surface area contributed by atoms with E-state index in [4.69, 9.17) is 9.47 Å². The summed E-state index contributed by atoms with van der Waals surface area (Å²) in [5, 5.41) is 13.3. The number of thioether (sulfide) groups is 1. The fourth-order valence-corrected chi connectivity index (χ4v) is 6.41. The Kier molecular flexibility index (Phi) is 11.6. The molecule has 0 fully saturated rings. The minimum Gasteiger partial charge on any atom is -0.550 e. The van der Waals surface area contributed by atoms with Crippen LogP contribution >= 0.6 is 11.8 Å². The van der Waals surface area contributed by atoms with E-state index in [2.05, 4.69) is 71.7 Å². The standard InChI is InChI=1S/C38H43N3O4S.Li/c1-8-44-34-18-14-28(22-40-34)27-12-10-26(11-13-27)23-41-32-17-16-30(45-24-29-15-9-25(2)21-39-29)19-31(32)35(46-37(3,4)5)33(41)20-38(6,7)36(42)43;/h9-19,21-22H,8,20,23-24H2,1-7H3,(H,42,43);/q;+1/p-1. The van der Waals surface area contributed by atoms with Gasteiger partial charge in [0, 0.05) is 68.2 Å². The number of nitrogens with zero attached hydrogens (tertiary/aromatic N) is 3. The molecule has 7 nitrogen and oxygen atoms in total. The van der Waals surface area contributed by atoms with E-state index in [-0.39, 0.29) is 23.6 Å². The Labute approximate surface area is 294 Å². The summed E-state index contributed by atoms with van der Waals surface area (Å²) in [5.74, 6) is 0.277. The molecule has 0 bridgehead atoms. The summed E-state index contributed by atoms with van der Waals surface area (Å²) >= 11 is 1.75. The van der Waals surface area contributed by atoms with Gasteiger partial charge in [0.25, 0.3) is 0 Å². The second-order valence-corrected chi connectivity index (χ2v) is 15.1. The summed E-state index contributed by atoms with van der Waals surface area (Å²) in [6, 6.07) is 22.5. The van der Waals surface area contributed by atoms with Gasteiger partial charge in [0.15, 0.2) is 0 Å². The van der Waals surface area contributed by atoms with Crippen LogP contribution in [0.15, 0.2) is 84.0 Å². The Morgan fingerprint density at radius 1 is 0.894 bits per heavy atom. The number of pyridine rings is 2. The molecule has 0 atom stereocenters. The summed E-state index contributed by atoms with van der Waals surface area (Å²) < 4.78 is 13.8. The maximum absolute atomic E-state index is 12.3. The molecule has 0 saturated carbocycles. The number of aromatic nitrogens is 3. The van der Waals surface area contributed by atoms with Gasteiger partial charge in [-0.15, -0.1) is 11.8 Å². The van der Waals surface area contributed by atoms with Crippen molar-refractivity contribution in [2.75, 3.05) is 6.61 Å². The Morgan fingerprint density at radius 3 is 2.21 bits per heavy atom. The molecule has 9 heteroatoms. The van der Waals surface area contributed by atoms with Crippen molar-refractivity contribution in [3.05, 3.63) is 102 Å². The molecular weight excluding hydrogens is 601 g/mol. The Bertz CT molecular complexity index is 1810. The zero-order chi connectivity index (χ0) is 33.1. The van der Waals surface area contributed by atoms with Crippen LogP contribution in [0.2, 0.25) is 0 Å². The molecule has 240 valence electrons. The van der Waals surface area contributed by atoms with Crippen molar-refractivity contribution in [2.24, 2.45) is 5.41 Å². The van der Waals surface area contributed by atoms with Crippen molar-refractivity contribution in [1.82, 2.24) is 14.5 Å². The van der Waals surface area contributed by atoms with E-state index in [1.165, 1.54) is 0 Å². The fourth-order valence-electron chi connectivity index (χ4n) is 5.22. The molecule has 0 N–H and O–H groups in total. The molecule has 0 aliphatic rings. The van der Waals surface area contributed by atoms with Crippen molar-refractivity contribution in [2.45, 2.75) is 77.7 Å². The van der Waals surface area contributed by atoms with Crippen molar-refractivity contribution in [1.29, 1.82) is 0 Å². The van der Waals surface area contributed by atoms with Gasteiger partial charge in [0.05, 0.1) is 12.3 Å². The predicted molar refractivity (Wildman–Crippen MR) is 183 cm³/mol. The van der Waals surface area contributed by atoms with Crippen LogP contribution in [0.4, 0.5) is 0 Å². The maximum atomic E-state index is 12.3. The van der Waals surface area contributed by atoms with Gasteiger partial charge >= 0.3 is 18.9 Å². The molecule has 0 aliphatic heterocycles. The van der Waals surface area contributed by atoms with Crippen molar-refractivity contribution in [3.8, 4) is 22.8 Å². The molecule has 0 unspecified atom stereocenters. The van der Waals surface area contributed by atoms with E-state index in [1.54, 1.807) is 25.6 Å². The van der Waals surface area contributed by atoms with Crippen LogP contribution in [0.1, 0.15) is 64.1 Å². The zero-order valence-corrected chi connectivity index (χ0v) is 29.5. The number of carbonyl (C=O) groups excluding carboxylic acids is 1. The zero-order valence-electron chi connectivity index (χ0n) is 28.7. The Morgan fingerprint density at radius 2 is 1.62 bits per heavy atom. The first-order chi connectivity index (χ1) is 21.8. The quantitative estimate of drug-likeness (QED) is 0.145. The summed E-state index contributed by atoms with van der Waals surface area (Å²) in [6.45, 7) is 15.5. The molecule has 5 rings (SSSR count). The van der Waals surface area contributed by atoms with Crippen LogP contribution in [0.25, 0.3) is 22.0 Å². The normalized spacial score (nSPS) is 11.7. The molecule has 0 saturated heterocycles. The van der Waals surface area contributed by atoms with Gasteiger partial charge in [-0.1, -0.05) is 65.0 Å². The first-order valence-electron chi connectivity index (χ1n) is 15.6. The molecule has 47 heavy (non-hydrogen) atoms. The average molecular weight is 644 g/mol. The molecule has 0 aliphatic carbocycles. The van der Waals surface area contributed by atoms with Crippen LogP contribution in [-0.2, 0) is 24.4 Å². The molecule has 3 heterocycles. The largest absolute Gasteiger partial charge is 1.00 e. The van der Waals surface area contributed by atoms with Gasteiger partial charge in [-0.05, 0) is 67.3 Å². The summed E-state index contributed by atoms with van der Waals surface area (Å²) in [6.07, 6.45) is 3.99. The van der Waals surface area contributed by atoms with Crippen molar-refractivity contribution in [3.63, 3.8) is 0 Å². The minimum atomic E-state index is -1.07. The second-order valence-electron chi connectivity index (χ2n) is 13.2. The van der Waals surface area contributed by atoms with Gasteiger partial charge < -0.3 is 23.9 Å². The molecule has 5 aromatic rings. The molecule has 3 aromatic heterocycles. The van der Waals surface area contributed by atoms with Crippen LogP contribution in [0.5, 0.6) is 11.6 Å². The second kappa shape index (κ2) is 15.0. The van der Waals surface area contributed by atoms with E-state index in [0.717, 1.165) is 55.2 Å². The topological polar surface area (TPSA) is 89.3 Å². The van der Waals surface area contributed by atoms with E-state index in [0.29, 0.717) is 32.1 Å². The van der Waals surface area contributed by atoms with Crippen LogP contribution in [-0.4, -0.2) is 31.9 Å². The molecular formula is C38H42LiN3O4S. The number of hydrogen-bond donors (Lipinski definition) is 0. The molecule has 2 aromatic carbocycles. The maximum Gasteiger partial charge on any atom is 1.00 e. The van der Waals surface area contributed by atoms with Gasteiger partial charge in [0.2, 0.25) is 5.88 Å². The average Bonchev–Trinajstić information content (AvgIpc) is 3.27.